The first kappa shape index (κ1) is 11.8. The van der Waals surface area contributed by atoms with Crippen molar-refractivity contribution < 1.29 is 16.8 Å². The molecule has 1 atom stereocenters. The Hall–Kier alpha value is 0.770. The highest BCUT2D eigenvalue weighted by Crippen LogP contribution is 2.15. The van der Waals surface area contributed by atoms with E-state index in [-0.39, 0.29) is 0 Å². The Kier molecular flexibility index (Phi) is 3.91. The van der Waals surface area contributed by atoms with E-state index in [2.05, 4.69) is 0 Å². The van der Waals surface area contributed by atoms with Gasteiger partial charge in [0.05, 0.1) is 5.75 Å². The zero-order valence-electron chi connectivity index (χ0n) is 4.87. The summed E-state index contributed by atoms with van der Waals surface area (Å²) >= 11 is 5.06. The molecule has 4 nitrogen and oxygen atoms in total. The molecule has 11 heavy (non-hydrogen) atoms. The van der Waals surface area contributed by atoms with E-state index in [0.717, 1.165) is 0 Å². The van der Waals surface area contributed by atoms with Gasteiger partial charge in [0.25, 0.3) is 9.05 Å². The summed E-state index contributed by atoms with van der Waals surface area (Å²) in [5.74, 6) is -0.901. The predicted molar refractivity (Wildman–Crippen MR) is 44.1 cm³/mol. The fourth-order valence-electron chi connectivity index (χ4n) is 0.238. The minimum atomic E-state index is -4.06. The molecule has 0 saturated heterocycles. The summed E-state index contributed by atoms with van der Waals surface area (Å²) in [5.41, 5.74) is 0. The number of alkyl halides is 1. The van der Waals surface area contributed by atoms with Crippen LogP contribution in [0, 0.1) is 0 Å². The number of hydrogen-bond donors (Lipinski definition) is 0. The smallest absolute Gasteiger partial charge is 0.212 e. The van der Waals surface area contributed by atoms with Crippen LogP contribution in [-0.4, -0.2) is 27.3 Å². The van der Waals surface area contributed by atoms with Crippen molar-refractivity contribution in [3.8, 4) is 0 Å². The maximum atomic E-state index is 10.3. The SMILES string of the molecule is O=S(=O)(Cl)CC(Cl)S(=O)(=O)Cl. The van der Waals surface area contributed by atoms with E-state index in [1.165, 1.54) is 0 Å². The lowest BCUT2D eigenvalue weighted by molar-refractivity contribution is 0.599. The highest BCUT2D eigenvalue weighted by atomic mass is 35.7. The van der Waals surface area contributed by atoms with Crippen molar-refractivity contribution in [2.75, 3.05) is 5.75 Å². The van der Waals surface area contributed by atoms with Gasteiger partial charge in [-0.3, -0.25) is 0 Å². The van der Waals surface area contributed by atoms with E-state index in [4.69, 9.17) is 33.0 Å². The third-order valence-corrected chi connectivity index (χ3v) is 4.69. The van der Waals surface area contributed by atoms with Crippen molar-refractivity contribution in [2.24, 2.45) is 0 Å². The largest absolute Gasteiger partial charge is 0.250 e. The summed E-state index contributed by atoms with van der Waals surface area (Å²) < 4.78 is 39.4. The number of rotatable bonds is 3. The molecule has 0 spiro atoms. The average molecular weight is 262 g/mol. The number of hydrogen-bond acceptors (Lipinski definition) is 4. The van der Waals surface area contributed by atoms with Crippen molar-refractivity contribution in [2.45, 2.75) is 4.71 Å². The molecule has 0 aliphatic carbocycles. The fraction of sp³-hybridized carbons (Fsp3) is 1.00. The predicted octanol–water partition coefficient (Wildman–Crippen LogP) is 0.689. The maximum Gasteiger partial charge on any atom is 0.250 e. The molecule has 1 unspecified atom stereocenters. The highest BCUT2D eigenvalue weighted by molar-refractivity contribution is 8.17. The van der Waals surface area contributed by atoms with Crippen LogP contribution in [0.2, 0.25) is 0 Å². The van der Waals surface area contributed by atoms with Crippen molar-refractivity contribution in [1.82, 2.24) is 0 Å². The van der Waals surface area contributed by atoms with Gasteiger partial charge in [-0.1, -0.05) is 0 Å². The van der Waals surface area contributed by atoms with Crippen LogP contribution in [0.1, 0.15) is 0 Å². The molecule has 0 heterocycles. The molecule has 0 bridgehead atoms. The summed E-state index contributed by atoms with van der Waals surface area (Å²) in [6.45, 7) is 0. The Balaban J connectivity index is 4.47. The van der Waals surface area contributed by atoms with Gasteiger partial charge in [0, 0.05) is 21.4 Å². The highest BCUT2D eigenvalue weighted by Gasteiger charge is 2.25. The van der Waals surface area contributed by atoms with E-state index in [1.807, 2.05) is 0 Å². The second-order valence-corrected chi connectivity index (χ2v) is 8.01. The lowest BCUT2D eigenvalue weighted by Crippen LogP contribution is -2.17. The topological polar surface area (TPSA) is 68.3 Å². The molecule has 0 radical (unpaired) electrons. The summed E-state index contributed by atoms with van der Waals surface area (Å²) in [7, 11) is 1.41. The maximum absolute atomic E-state index is 10.3. The molecule has 68 valence electrons. The number of halogens is 3. The second kappa shape index (κ2) is 3.66. The van der Waals surface area contributed by atoms with Crippen molar-refractivity contribution >= 4 is 51.1 Å². The lowest BCUT2D eigenvalue weighted by Gasteiger charge is -2.00. The molecule has 0 fully saturated rings. The van der Waals surface area contributed by atoms with Crippen molar-refractivity contribution in [3.63, 3.8) is 0 Å². The molecule has 0 aromatic heterocycles. The Bertz CT molecular complexity index is 315. The zero-order chi connectivity index (χ0) is 9.28. The quantitative estimate of drug-likeness (QED) is 0.554. The van der Waals surface area contributed by atoms with Gasteiger partial charge in [0.2, 0.25) is 9.05 Å². The normalized spacial score (nSPS) is 16.3. The van der Waals surface area contributed by atoms with Gasteiger partial charge in [-0.2, -0.15) is 0 Å². The van der Waals surface area contributed by atoms with Gasteiger partial charge in [0.1, 0.15) is 0 Å². The third-order valence-electron chi connectivity index (χ3n) is 0.636. The van der Waals surface area contributed by atoms with E-state index < -0.39 is 28.6 Å². The van der Waals surface area contributed by atoms with Crippen molar-refractivity contribution in [1.29, 1.82) is 0 Å². The third kappa shape index (κ3) is 5.98. The van der Waals surface area contributed by atoms with E-state index in [0.29, 0.717) is 0 Å². The molecule has 0 aliphatic heterocycles. The van der Waals surface area contributed by atoms with Gasteiger partial charge in [-0.15, -0.1) is 11.6 Å². The minimum absolute atomic E-state index is 0.901. The Labute approximate surface area is 78.3 Å². The summed E-state index contributed by atoms with van der Waals surface area (Å²) in [4.78, 5) is 0. The van der Waals surface area contributed by atoms with Gasteiger partial charge in [0.15, 0.2) is 4.71 Å². The molecular weight excluding hydrogens is 259 g/mol. The summed E-state index contributed by atoms with van der Waals surface area (Å²) in [6.07, 6.45) is 0. The first-order valence-corrected chi connectivity index (χ1v) is 7.41. The molecule has 0 aromatic rings. The molecular formula is C2H3Cl3O4S2. The van der Waals surface area contributed by atoms with Crippen LogP contribution in [0.4, 0.5) is 0 Å². The Morgan fingerprint density at radius 3 is 1.55 bits per heavy atom. The minimum Gasteiger partial charge on any atom is -0.212 e. The van der Waals surface area contributed by atoms with E-state index in [9.17, 15) is 16.8 Å². The molecule has 0 N–H and O–H groups in total. The van der Waals surface area contributed by atoms with Gasteiger partial charge in [-0.25, -0.2) is 16.8 Å². The molecule has 0 saturated carbocycles. The summed E-state index contributed by atoms with van der Waals surface area (Å²) in [5, 5.41) is 0. The van der Waals surface area contributed by atoms with Crippen LogP contribution < -0.4 is 0 Å². The van der Waals surface area contributed by atoms with E-state index in [1.54, 1.807) is 0 Å². The monoisotopic (exact) mass is 260 g/mol. The van der Waals surface area contributed by atoms with Crippen LogP contribution in [0.5, 0.6) is 0 Å². The van der Waals surface area contributed by atoms with Crippen molar-refractivity contribution in [3.05, 3.63) is 0 Å². The molecule has 0 aromatic carbocycles. The lowest BCUT2D eigenvalue weighted by atomic mass is 10.9. The fourth-order valence-corrected chi connectivity index (χ4v) is 3.49. The van der Waals surface area contributed by atoms with Crippen LogP contribution >= 0.6 is 33.0 Å². The average Bonchev–Trinajstić information content (AvgIpc) is 1.56. The summed E-state index contributed by atoms with van der Waals surface area (Å²) in [6, 6.07) is 0. The zero-order valence-corrected chi connectivity index (χ0v) is 8.77. The second-order valence-electron chi connectivity index (χ2n) is 1.59. The van der Waals surface area contributed by atoms with Crippen LogP contribution in [0.15, 0.2) is 0 Å². The van der Waals surface area contributed by atoms with Gasteiger partial charge >= 0.3 is 0 Å². The van der Waals surface area contributed by atoms with Crippen LogP contribution in [-0.2, 0) is 18.1 Å². The van der Waals surface area contributed by atoms with Crippen LogP contribution in [0.3, 0.4) is 0 Å². The first-order chi connectivity index (χ1) is 4.63. The molecule has 0 rings (SSSR count). The Morgan fingerprint density at radius 1 is 1.09 bits per heavy atom. The molecule has 0 aliphatic rings. The molecule has 9 heteroatoms. The van der Waals surface area contributed by atoms with E-state index >= 15 is 0 Å². The van der Waals surface area contributed by atoms with Crippen LogP contribution in [0.25, 0.3) is 0 Å². The Morgan fingerprint density at radius 2 is 1.45 bits per heavy atom. The first-order valence-electron chi connectivity index (χ1n) is 2.13. The van der Waals surface area contributed by atoms with Gasteiger partial charge in [-0.05, 0) is 0 Å². The van der Waals surface area contributed by atoms with Gasteiger partial charge < -0.3 is 0 Å². The standard InChI is InChI=1S/C2H3Cl3O4S2/c3-2(11(5,8)9)1-10(4,6)7/h2H,1H2. The molecule has 0 amide bonds.